The molecule has 0 aliphatic carbocycles. The van der Waals surface area contributed by atoms with E-state index in [0.717, 1.165) is 17.0 Å². The first-order valence-electron chi connectivity index (χ1n) is 5.89. The second-order valence-corrected chi connectivity index (χ2v) is 4.46. The molecule has 0 atom stereocenters. The molecule has 0 saturated carbocycles. The van der Waals surface area contributed by atoms with Crippen molar-refractivity contribution in [2.45, 2.75) is 20.4 Å². The van der Waals surface area contributed by atoms with Crippen molar-refractivity contribution in [3.05, 3.63) is 41.0 Å². The summed E-state index contributed by atoms with van der Waals surface area (Å²) in [6.45, 7) is 4.47. The Morgan fingerprint density at radius 3 is 2.61 bits per heavy atom. The fraction of sp³-hybridized carbons (Fsp3) is 0.385. The minimum Gasteiger partial charge on any atom is -0.347 e. The summed E-state index contributed by atoms with van der Waals surface area (Å²) in [5, 5.41) is 7.25. The van der Waals surface area contributed by atoms with Gasteiger partial charge in [-0.15, -0.1) is 0 Å². The number of nitrogens with one attached hydrogen (secondary N) is 1. The molecule has 2 heterocycles. The third-order valence-corrected chi connectivity index (χ3v) is 3.26. The predicted molar refractivity (Wildman–Crippen MR) is 69.3 cm³/mol. The summed E-state index contributed by atoms with van der Waals surface area (Å²) in [6, 6.07) is 3.66. The van der Waals surface area contributed by atoms with Gasteiger partial charge in [-0.3, -0.25) is 9.48 Å². The molecule has 5 heteroatoms. The molecule has 5 nitrogen and oxygen atoms in total. The van der Waals surface area contributed by atoms with Gasteiger partial charge in [-0.25, -0.2) is 0 Å². The number of rotatable bonds is 3. The minimum atomic E-state index is -0.0647. The van der Waals surface area contributed by atoms with Gasteiger partial charge in [0.05, 0.1) is 5.69 Å². The fourth-order valence-electron chi connectivity index (χ4n) is 2.03. The summed E-state index contributed by atoms with van der Waals surface area (Å²) in [6.07, 6.45) is 1.86. The first-order chi connectivity index (χ1) is 8.50. The quantitative estimate of drug-likeness (QED) is 0.887. The van der Waals surface area contributed by atoms with Crippen LogP contribution in [0, 0.1) is 13.8 Å². The van der Waals surface area contributed by atoms with E-state index in [4.69, 9.17) is 0 Å². The van der Waals surface area contributed by atoms with E-state index in [1.807, 2.05) is 44.9 Å². The maximum Gasteiger partial charge on any atom is 0.268 e. The lowest BCUT2D eigenvalue weighted by molar-refractivity contribution is 0.0942. The van der Waals surface area contributed by atoms with Gasteiger partial charge in [0.25, 0.3) is 5.91 Å². The van der Waals surface area contributed by atoms with Gasteiger partial charge in [0.15, 0.2) is 0 Å². The molecule has 0 fully saturated rings. The number of amides is 1. The average Bonchev–Trinajstić information content (AvgIpc) is 2.83. The molecule has 96 valence electrons. The van der Waals surface area contributed by atoms with Crippen LogP contribution in [0.1, 0.15) is 27.4 Å². The average molecular weight is 246 g/mol. The maximum absolute atomic E-state index is 12.0. The summed E-state index contributed by atoms with van der Waals surface area (Å²) >= 11 is 0. The van der Waals surface area contributed by atoms with Gasteiger partial charge < -0.3 is 9.88 Å². The number of hydrogen-bond acceptors (Lipinski definition) is 2. The van der Waals surface area contributed by atoms with Gasteiger partial charge in [-0.2, -0.15) is 5.10 Å². The lowest BCUT2D eigenvalue weighted by Crippen LogP contribution is -2.25. The molecule has 1 N–H and O–H groups in total. The maximum atomic E-state index is 12.0. The van der Waals surface area contributed by atoms with Crippen molar-refractivity contribution in [3.63, 3.8) is 0 Å². The van der Waals surface area contributed by atoms with Crippen LogP contribution in [0.4, 0.5) is 0 Å². The highest BCUT2D eigenvalue weighted by Crippen LogP contribution is 2.11. The van der Waals surface area contributed by atoms with Crippen LogP contribution in [0.3, 0.4) is 0 Å². The molecule has 0 aromatic carbocycles. The Labute approximate surface area is 106 Å². The molecule has 0 saturated heterocycles. The third kappa shape index (κ3) is 2.16. The Balaban J connectivity index is 2.09. The molecule has 0 unspecified atom stereocenters. The van der Waals surface area contributed by atoms with Crippen molar-refractivity contribution in [1.82, 2.24) is 19.7 Å². The van der Waals surface area contributed by atoms with E-state index in [-0.39, 0.29) is 5.91 Å². The molecular weight excluding hydrogens is 228 g/mol. The van der Waals surface area contributed by atoms with E-state index in [2.05, 4.69) is 10.4 Å². The monoisotopic (exact) mass is 246 g/mol. The predicted octanol–water partition coefficient (Wildman–Crippen LogP) is 1.31. The zero-order valence-electron chi connectivity index (χ0n) is 11.2. The normalized spacial score (nSPS) is 10.7. The highest BCUT2D eigenvalue weighted by molar-refractivity contribution is 5.92. The van der Waals surface area contributed by atoms with Crippen LogP contribution in [-0.2, 0) is 20.6 Å². The highest BCUT2D eigenvalue weighted by Gasteiger charge is 2.12. The number of aryl methyl sites for hydroxylation is 3. The van der Waals surface area contributed by atoms with Gasteiger partial charge in [-0.05, 0) is 26.0 Å². The van der Waals surface area contributed by atoms with E-state index in [1.54, 1.807) is 10.6 Å². The topological polar surface area (TPSA) is 51.9 Å². The molecule has 1 amide bonds. The van der Waals surface area contributed by atoms with Crippen molar-refractivity contribution in [1.29, 1.82) is 0 Å². The van der Waals surface area contributed by atoms with Crippen LogP contribution < -0.4 is 5.32 Å². The minimum absolute atomic E-state index is 0.0647. The smallest absolute Gasteiger partial charge is 0.268 e. The molecule has 0 aliphatic heterocycles. The highest BCUT2D eigenvalue weighted by atomic mass is 16.1. The third-order valence-electron chi connectivity index (χ3n) is 3.26. The zero-order valence-corrected chi connectivity index (χ0v) is 11.2. The molecule has 2 aromatic heterocycles. The number of hydrogen-bond donors (Lipinski definition) is 1. The van der Waals surface area contributed by atoms with Crippen LogP contribution in [0.25, 0.3) is 0 Å². The molecule has 2 rings (SSSR count). The Hall–Kier alpha value is -2.04. The van der Waals surface area contributed by atoms with E-state index in [9.17, 15) is 4.79 Å². The molecule has 2 aromatic rings. The summed E-state index contributed by atoms with van der Waals surface area (Å²) in [5.74, 6) is -0.0647. The van der Waals surface area contributed by atoms with E-state index < -0.39 is 0 Å². The van der Waals surface area contributed by atoms with Crippen molar-refractivity contribution in [2.24, 2.45) is 14.1 Å². The zero-order chi connectivity index (χ0) is 13.3. The van der Waals surface area contributed by atoms with Gasteiger partial charge in [-0.1, -0.05) is 0 Å². The standard InChI is InChI=1S/C13H18N4O/c1-9-11(10(2)17(4)15-9)8-14-13(18)12-6-5-7-16(12)3/h5-7H,8H2,1-4H3,(H,14,18). The van der Waals surface area contributed by atoms with Crippen molar-refractivity contribution in [2.75, 3.05) is 0 Å². The van der Waals surface area contributed by atoms with Gasteiger partial charge in [0.1, 0.15) is 5.69 Å². The largest absolute Gasteiger partial charge is 0.347 e. The number of carbonyl (C=O) groups is 1. The summed E-state index contributed by atoms with van der Waals surface area (Å²) in [7, 11) is 3.76. The SMILES string of the molecule is Cc1nn(C)c(C)c1CNC(=O)c1cccn1C. The van der Waals surface area contributed by atoms with Crippen molar-refractivity contribution >= 4 is 5.91 Å². The molecule has 0 bridgehead atoms. The van der Waals surface area contributed by atoms with E-state index in [1.165, 1.54) is 0 Å². The summed E-state index contributed by atoms with van der Waals surface area (Å²) in [5.41, 5.74) is 3.79. The number of nitrogens with zero attached hydrogens (tertiary/aromatic N) is 3. The lowest BCUT2D eigenvalue weighted by atomic mass is 10.2. The molecular formula is C13H18N4O. The summed E-state index contributed by atoms with van der Waals surface area (Å²) in [4.78, 5) is 12.0. The Bertz CT molecular complexity index is 580. The first-order valence-corrected chi connectivity index (χ1v) is 5.89. The van der Waals surface area contributed by atoms with Crippen molar-refractivity contribution < 1.29 is 4.79 Å². The van der Waals surface area contributed by atoms with Gasteiger partial charge in [0.2, 0.25) is 0 Å². The van der Waals surface area contributed by atoms with Gasteiger partial charge >= 0.3 is 0 Å². The van der Waals surface area contributed by atoms with Crippen LogP contribution in [0.2, 0.25) is 0 Å². The van der Waals surface area contributed by atoms with E-state index >= 15 is 0 Å². The van der Waals surface area contributed by atoms with E-state index in [0.29, 0.717) is 12.2 Å². The molecule has 0 spiro atoms. The van der Waals surface area contributed by atoms with Crippen LogP contribution in [0.15, 0.2) is 18.3 Å². The number of carbonyl (C=O) groups excluding carboxylic acids is 1. The molecule has 0 radical (unpaired) electrons. The molecule has 18 heavy (non-hydrogen) atoms. The fourth-order valence-corrected chi connectivity index (χ4v) is 2.03. The number of aromatic nitrogens is 3. The van der Waals surface area contributed by atoms with Crippen LogP contribution in [0.5, 0.6) is 0 Å². The Kier molecular flexibility index (Phi) is 3.23. The molecule has 0 aliphatic rings. The van der Waals surface area contributed by atoms with Gasteiger partial charge in [0, 0.05) is 38.1 Å². The second kappa shape index (κ2) is 4.68. The first kappa shape index (κ1) is 12.4. The Morgan fingerprint density at radius 2 is 2.11 bits per heavy atom. The lowest BCUT2D eigenvalue weighted by Gasteiger charge is -2.06. The van der Waals surface area contributed by atoms with Crippen LogP contribution in [-0.4, -0.2) is 20.3 Å². The van der Waals surface area contributed by atoms with Crippen molar-refractivity contribution in [3.8, 4) is 0 Å². The Morgan fingerprint density at radius 1 is 1.39 bits per heavy atom. The second-order valence-electron chi connectivity index (χ2n) is 4.46. The van der Waals surface area contributed by atoms with Crippen LogP contribution >= 0.6 is 0 Å². The summed E-state index contributed by atoms with van der Waals surface area (Å²) < 4.78 is 3.64.